The largest absolute Gasteiger partial charge is 0.397 e. The summed E-state index contributed by atoms with van der Waals surface area (Å²) in [7, 11) is 0. The average Bonchev–Trinajstić information content (AvgIpc) is 3.02. The van der Waals surface area contributed by atoms with Crippen LogP contribution in [-0.2, 0) is 0 Å². The summed E-state index contributed by atoms with van der Waals surface area (Å²) in [5, 5.41) is 2.85. The molecular weight excluding hydrogens is 380 g/mol. The number of halogens is 1. The first kappa shape index (κ1) is 17.5. The fourth-order valence-corrected chi connectivity index (χ4v) is 3.96. The number of benzene rings is 4. The van der Waals surface area contributed by atoms with Gasteiger partial charge in [-0.1, -0.05) is 66.2 Å². The molecule has 0 atom stereocenters. The maximum atomic E-state index is 13.3. The first-order chi connectivity index (χ1) is 14.1. The molecule has 0 fully saturated rings. The van der Waals surface area contributed by atoms with Crippen molar-refractivity contribution >= 4 is 51.4 Å². The molecule has 140 valence electrons. The zero-order valence-electron chi connectivity index (χ0n) is 15.5. The van der Waals surface area contributed by atoms with Crippen molar-refractivity contribution in [3.63, 3.8) is 0 Å². The van der Waals surface area contributed by atoms with Gasteiger partial charge < -0.3 is 5.73 Å². The van der Waals surface area contributed by atoms with E-state index in [1.165, 1.54) is 5.39 Å². The molecule has 0 saturated heterocycles. The van der Waals surface area contributed by atoms with E-state index < -0.39 is 0 Å². The van der Waals surface area contributed by atoms with E-state index in [1.54, 1.807) is 23.1 Å². The fourth-order valence-electron chi connectivity index (χ4n) is 3.79. The molecule has 0 aliphatic carbocycles. The maximum Gasteiger partial charge on any atom is 0.263 e. The molecule has 3 nitrogen and oxygen atoms in total. The van der Waals surface area contributed by atoms with Gasteiger partial charge in [-0.15, -0.1) is 0 Å². The quantitative estimate of drug-likeness (QED) is 0.408. The molecular formula is C25H17ClN2O. The van der Waals surface area contributed by atoms with Crippen LogP contribution in [0.15, 0.2) is 84.9 Å². The van der Waals surface area contributed by atoms with E-state index >= 15 is 0 Å². The lowest BCUT2D eigenvalue weighted by atomic mass is 10.0. The van der Waals surface area contributed by atoms with Crippen LogP contribution < -0.4 is 10.6 Å². The van der Waals surface area contributed by atoms with Crippen molar-refractivity contribution in [1.82, 2.24) is 0 Å². The number of fused-ring (bicyclic) bond motifs is 2. The molecule has 5 rings (SSSR count). The Hall–Kier alpha value is -3.56. The van der Waals surface area contributed by atoms with Gasteiger partial charge >= 0.3 is 0 Å². The van der Waals surface area contributed by atoms with Crippen LogP contribution in [0.1, 0.15) is 21.5 Å². The molecule has 1 aliphatic rings. The normalized spacial score (nSPS) is 14.6. The molecule has 2 N–H and O–H groups in total. The summed E-state index contributed by atoms with van der Waals surface area (Å²) in [5.41, 5.74) is 10.6. The first-order valence-corrected chi connectivity index (χ1v) is 9.69. The molecule has 0 aromatic heterocycles. The van der Waals surface area contributed by atoms with E-state index in [4.69, 9.17) is 17.3 Å². The minimum absolute atomic E-state index is 0.110. The van der Waals surface area contributed by atoms with Crippen LogP contribution in [0.2, 0.25) is 5.02 Å². The molecule has 0 bridgehead atoms. The van der Waals surface area contributed by atoms with Gasteiger partial charge in [-0.3, -0.25) is 9.69 Å². The minimum Gasteiger partial charge on any atom is -0.397 e. The van der Waals surface area contributed by atoms with Crippen LogP contribution >= 0.6 is 11.6 Å². The number of carbonyl (C=O) groups is 1. The number of nitrogens with two attached hydrogens (primary N) is 1. The molecule has 1 heterocycles. The van der Waals surface area contributed by atoms with E-state index in [0.717, 1.165) is 22.2 Å². The number of hydrogen-bond acceptors (Lipinski definition) is 2. The molecule has 0 radical (unpaired) electrons. The van der Waals surface area contributed by atoms with Crippen molar-refractivity contribution in [1.29, 1.82) is 0 Å². The van der Waals surface area contributed by atoms with Crippen LogP contribution in [0.3, 0.4) is 0 Å². The summed E-state index contributed by atoms with van der Waals surface area (Å²) < 4.78 is 0. The average molecular weight is 397 g/mol. The number of carbonyl (C=O) groups excluding carboxylic acids is 1. The van der Waals surface area contributed by atoms with Gasteiger partial charge in [0.1, 0.15) is 0 Å². The Morgan fingerprint density at radius 2 is 1.52 bits per heavy atom. The van der Waals surface area contributed by atoms with Gasteiger partial charge in [0.05, 0.1) is 17.1 Å². The first-order valence-electron chi connectivity index (χ1n) is 9.31. The highest BCUT2D eigenvalue weighted by atomic mass is 35.5. The van der Waals surface area contributed by atoms with E-state index in [0.29, 0.717) is 22.0 Å². The Kier molecular flexibility index (Phi) is 4.11. The van der Waals surface area contributed by atoms with Gasteiger partial charge in [0.2, 0.25) is 0 Å². The second-order valence-electron chi connectivity index (χ2n) is 7.03. The zero-order chi connectivity index (χ0) is 20.0. The van der Waals surface area contributed by atoms with Crippen LogP contribution in [0.4, 0.5) is 11.4 Å². The number of amides is 1. The van der Waals surface area contributed by atoms with Gasteiger partial charge in [0.15, 0.2) is 0 Å². The van der Waals surface area contributed by atoms with Gasteiger partial charge in [-0.05, 0) is 52.7 Å². The SMILES string of the molecule is Nc1ccc(Cl)cc1N1C(=O)c2ccccc2C1=Cc1ccc2ccccc2c1. The highest BCUT2D eigenvalue weighted by Gasteiger charge is 2.34. The summed E-state index contributed by atoms with van der Waals surface area (Å²) in [5.74, 6) is -0.110. The standard InChI is InChI=1S/C25H17ClN2O/c26-19-11-12-22(27)24(15-19)28-23(20-7-3-4-8-21(20)25(28)29)14-16-9-10-17-5-1-2-6-18(17)13-16/h1-15H,27H2. The fraction of sp³-hybridized carbons (Fsp3) is 0. The zero-order valence-corrected chi connectivity index (χ0v) is 16.2. The third kappa shape index (κ3) is 2.96. The number of nitrogens with zero attached hydrogens (tertiary/aromatic N) is 1. The van der Waals surface area contributed by atoms with E-state index in [9.17, 15) is 4.79 Å². The van der Waals surface area contributed by atoms with Crippen LogP contribution in [0.5, 0.6) is 0 Å². The predicted octanol–water partition coefficient (Wildman–Crippen LogP) is 6.23. The molecule has 1 aliphatic heterocycles. The molecule has 0 unspecified atom stereocenters. The molecule has 1 amide bonds. The topological polar surface area (TPSA) is 46.3 Å². The Balaban J connectivity index is 1.72. The van der Waals surface area contributed by atoms with E-state index in [2.05, 4.69) is 30.3 Å². The second kappa shape index (κ2) is 6.80. The number of anilines is 2. The van der Waals surface area contributed by atoms with Gasteiger partial charge in [0, 0.05) is 16.1 Å². The van der Waals surface area contributed by atoms with Crippen molar-refractivity contribution in [2.45, 2.75) is 0 Å². The predicted molar refractivity (Wildman–Crippen MR) is 121 cm³/mol. The smallest absolute Gasteiger partial charge is 0.263 e. The maximum absolute atomic E-state index is 13.3. The molecule has 0 spiro atoms. The lowest BCUT2D eigenvalue weighted by molar-refractivity contribution is 0.101. The van der Waals surface area contributed by atoms with E-state index in [-0.39, 0.29) is 5.91 Å². The highest BCUT2D eigenvalue weighted by molar-refractivity contribution is 6.32. The molecule has 29 heavy (non-hydrogen) atoms. The molecule has 4 aromatic rings. The van der Waals surface area contributed by atoms with Crippen molar-refractivity contribution in [3.8, 4) is 0 Å². The Bertz CT molecular complexity index is 1310. The summed E-state index contributed by atoms with van der Waals surface area (Å²) >= 11 is 6.21. The van der Waals surface area contributed by atoms with Gasteiger partial charge in [0.25, 0.3) is 5.91 Å². The van der Waals surface area contributed by atoms with Crippen molar-refractivity contribution < 1.29 is 4.79 Å². The Morgan fingerprint density at radius 1 is 0.793 bits per heavy atom. The Labute approximate surface area is 173 Å². The summed E-state index contributed by atoms with van der Waals surface area (Å²) in [4.78, 5) is 14.9. The van der Waals surface area contributed by atoms with Gasteiger partial charge in [-0.2, -0.15) is 0 Å². The van der Waals surface area contributed by atoms with Crippen molar-refractivity contribution in [3.05, 3.63) is 107 Å². The molecule has 0 saturated carbocycles. The van der Waals surface area contributed by atoms with Gasteiger partial charge in [-0.25, -0.2) is 0 Å². The van der Waals surface area contributed by atoms with Crippen LogP contribution in [0.25, 0.3) is 22.5 Å². The summed E-state index contributed by atoms with van der Waals surface area (Å²) in [6, 6.07) is 27.3. The van der Waals surface area contributed by atoms with Crippen molar-refractivity contribution in [2.24, 2.45) is 0 Å². The third-order valence-electron chi connectivity index (χ3n) is 5.19. The Morgan fingerprint density at radius 3 is 2.34 bits per heavy atom. The third-order valence-corrected chi connectivity index (χ3v) is 5.42. The van der Waals surface area contributed by atoms with Crippen LogP contribution in [0, 0.1) is 0 Å². The van der Waals surface area contributed by atoms with Crippen LogP contribution in [-0.4, -0.2) is 5.91 Å². The van der Waals surface area contributed by atoms with Crippen molar-refractivity contribution in [2.75, 3.05) is 10.6 Å². The summed E-state index contributed by atoms with van der Waals surface area (Å²) in [6.45, 7) is 0. The lowest BCUT2D eigenvalue weighted by Crippen LogP contribution is -2.23. The number of hydrogen-bond donors (Lipinski definition) is 1. The minimum atomic E-state index is -0.110. The second-order valence-corrected chi connectivity index (χ2v) is 7.46. The highest BCUT2D eigenvalue weighted by Crippen LogP contribution is 2.41. The number of rotatable bonds is 2. The summed E-state index contributed by atoms with van der Waals surface area (Å²) in [6.07, 6.45) is 2.02. The van der Waals surface area contributed by atoms with E-state index in [1.807, 2.05) is 42.5 Å². The molecule has 4 heteroatoms. The number of nitrogen functional groups attached to an aromatic ring is 1. The molecule has 4 aromatic carbocycles. The lowest BCUT2D eigenvalue weighted by Gasteiger charge is -2.21. The monoisotopic (exact) mass is 396 g/mol.